The Bertz CT molecular complexity index is 286. The van der Waals surface area contributed by atoms with Crippen LogP contribution in [0.25, 0.3) is 0 Å². The number of hydrogen-bond donors (Lipinski definition) is 0. The van der Waals surface area contributed by atoms with Crippen molar-refractivity contribution in [1.82, 2.24) is 0 Å². The summed E-state index contributed by atoms with van der Waals surface area (Å²) in [6.45, 7) is 2.82. The van der Waals surface area contributed by atoms with Gasteiger partial charge in [0.1, 0.15) is 23.7 Å². The van der Waals surface area contributed by atoms with E-state index in [1.165, 1.54) is 0 Å². The van der Waals surface area contributed by atoms with Crippen molar-refractivity contribution in [3.63, 3.8) is 0 Å². The minimum atomic E-state index is 0.0187. The molecular formula is C11H16O3. The van der Waals surface area contributed by atoms with Gasteiger partial charge in [0.05, 0.1) is 0 Å². The highest BCUT2D eigenvalue weighted by Crippen LogP contribution is 2.31. The molecule has 1 aliphatic rings. The minimum absolute atomic E-state index is 0.0187. The van der Waals surface area contributed by atoms with E-state index < -0.39 is 0 Å². The summed E-state index contributed by atoms with van der Waals surface area (Å²) in [7, 11) is 1.68. The Kier molecular flexibility index (Phi) is 2.89. The van der Waals surface area contributed by atoms with Gasteiger partial charge in [-0.2, -0.15) is 0 Å². The van der Waals surface area contributed by atoms with Gasteiger partial charge >= 0.3 is 0 Å². The number of methoxy groups -OCH3 is 1. The van der Waals surface area contributed by atoms with Crippen molar-refractivity contribution in [2.24, 2.45) is 0 Å². The van der Waals surface area contributed by atoms with Crippen LogP contribution in [0.1, 0.15) is 43.5 Å². The van der Waals surface area contributed by atoms with E-state index >= 15 is 0 Å². The van der Waals surface area contributed by atoms with Crippen LogP contribution in [0.5, 0.6) is 0 Å². The van der Waals surface area contributed by atoms with Crippen LogP contribution in [0.2, 0.25) is 0 Å². The molecule has 2 rings (SSSR count). The van der Waals surface area contributed by atoms with Gasteiger partial charge in [0.15, 0.2) is 0 Å². The molecule has 0 unspecified atom stereocenters. The van der Waals surface area contributed by atoms with Crippen LogP contribution < -0.4 is 0 Å². The summed E-state index contributed by atoms with van der Waals surface area (Å²) in [6, 6.07) is 3.95. The van der Waals surface area contributed by atoms with Crippen molar-refractivity contribution in [2.75, 3.05) is 13.7 Å². The highest BCUT2D eigenvalue weighted by Gasteiger charge is 2.21. The van der Waals surface area contributed by atoms with Gasteiger partial charge in [0.2, 0.25) is 0 Å². The van der Waals surface area contributed by atoms with Crippen LogP contribution in [0, 0.1) is 0 Å². The van der Waals surface area contributed by atoms with Crippen molar-refractivity contribution in [3.05, 3.63) is 23.7 Å². The van der Waals surface area contributed by atoms with Crippen molar-refractivity contribution < 1.29 is 13.9 Å². The average Bonchev–Trinajstić information content (AvgIpc) is 2.86. The van der Waals surface area contributed by atoms with E-state index in [2.05, 4.69) is 0 Å². The summed E-state index contributed by atoms with van der Waals surface area (Å²) in [5.41, 5.74) is 0. The van der Waals surface area contributed by atoms with Crippen molar-refractivity contribution in [2.45, 2.75) is 32.0 Å². The zero-order chi connectivity index (χ0) is 9.97. The molecule has 3 nitrogen and oxygen atoms in total. The second kappa shape index (κ2) is 4.15. The molecule has 14 heavy (non-hydrogen) atoms. The molecule has 0 amide bonds. The third-order valence-electron chi connectivity index (χ3n) is 2.65. The van der Waals surface area contributed by atoms with Crippen LogP contribution in [0.3, 0.4) is 0 Å². The first-order valence-electron chi connectivity index (χ1n) is 5.05. The van der Waals surface area contributed by atoms with E-state index in [9.17, 15) is 0 Å². The lowest BCUT2D eigenvalue weighted by molar-refractivity contribution is 0.0755. The molecule has 3 heteroatoms. The second-order valence-corrected chi connectivity index (χ2v) is 3.62. The van der Waals surface area contributed by atoms with E-state index in [1.807, 2.05) is 19.1 Å². The van der Waals surface area contributed by atoms with Crippen molar-refractivity contribution in [3.8, 4) is 0 Å². The summed E-state index contributed by atoms with van der Waals surface area (Å²) >= 11 is 0. The lowest BCUT2D eigenvalue weighted by Crippen LogP contribution is -1.95. The normalized spacial score (nSPS) is 24.0. The topological polar surface area (TPSA) is 31.6 Å². The zero-order valence-electron chi connectivity index (χ0n) is 8.66. The molecule has 2 heterocycles. The van der Waals surface area contributed by atoms with Crippen LogP contribution in [0.15, 0.2) is 16.5 Å². The third-order valence-corrected chi connectivity index (χ3v) is 2.65. The van der Waals surface area contributed by atoms with Crippen molar-refractivity contribution in [1.29, 1.82) is 0 Å². The molecule has 2 atom stereocenters. The molecule has 1 fully saturated rings. The lowest BCUT2D eigenvalue weighted by atomic mass is 10.2. The SMILES string of the molecule is CO[C@H](C)c1ccc([C@H]2CCCO2)o1. The molecule has 0 N–H and O–H groups in total. The Hall–Kier alpha value is -0.800. The third kappa shape index (κ3) is 1.83. The number of furan rings is 1. The maximum Gasteiger partial charge on any atom is 0.133 e. The maximum absolute atomic E-state index is 5.67. The summed E-state index contributed by atoms with van der Waals surface area (Å²) < 4.78 is 16.4. The molecule has 0 spiro atoms. The summed E-state index contributed by atoms with van der Waals surface area (Å²) in [6.07, 6.45) is 2.37. The average molecular weight is 196 g/mol. The molecule has 0 bridgehead atoms. The van der Waals surface area contributed by atoms with Crippen LogP contribution >= 0.6 is 0 Å². The second-order valence-electron chi connectivity index (χ2n) is 3.62. The van der Waals surface area contributed by atoms with Gasteiger partial charge in [-0.1, -0.05) is 0 Å². The Morgan fingerprint density at radius 3 is 3.00 bits per heavy atom. The fourth-order valence-corrected chi connectivity index (χ4v) is 1.68. The van der Waals surface area contributed by atoms with Crippen LogP contribution in [-0.4, -0.2) is 13.7 Å². The summed E-state index contributed by atoms with van der Waals surface area (Å²) in [5.74, 6) is 1.81. The smallest absolute Gasteiger partial charge is 0.133 e. The first-order chi connectivity index (χ1) is 6.81. The van der Waals surface area contributed by atoms with Gasteiger partial charge in [0.25, 0.3) is 0 Å². The molecule has 0 radical (unpaired) electrons. The largest absolute Gasteiger partial charge is 0.461 e. The van der Waals surface area contributed by atoms with E-state index in [0.717, 1.165) is 31.0 Å². The van der Waals surface area contributed by atoms with Gasteiger partial charge < -0.3 is 13.9 Å². The van der Waals surface area contributed by atoms with Gasteiger partial charge in [-0.05, 0) is 31.9 Å². The van der Waals surface area contributed by atoms with E-state index in [-0.39, 0.29) is 12.2 Å². The van der Waals surface area contributed by atoms with Gasteiger partial charge in [0, 0.05) is 13.7 Å². The van der Waals surface area contributed by atoms with E-state index in [1.54, 1.807) is 7.11 Å². The Morgan fingerprint density at radius 2 is 2.36 bits per heavy atom. The first kappa shape index (κ1) is 9.74. The summed E-state index contributed by atoms with van der Waals surface area (Å²) in [5, 5.41) is 0. The fraction of sp³-hybridized carbons (Fsp3) is 0.636. The summed E-state index contributed by atoms with van der Waals surface area (Å²) in [4.78, 5) is 0. The molecule has 1 aromatic rings. The first-order valence-corrected chi connectivity index (χ1v) is 5.05. The van der Waals surface area contributed by atoms with Crippen LogP contribution in [-0.2, 0) is 9.47 Å². The molecule has 1 aliphatic heterocycles. The van der Waals surface area contributed by atoms with Crippen LogP contribution in [0.4, 0.5) is 0 Å². The van der Waals surface area contributed by atoms with E-state index in [4.69, 9.17) is 13.9 Å². The monoisotopic (exact) mass is 196 g/mol. The lowest BCUT2D eigenvalue weighted by Gasteiger charge is -2.07. The van der Waals surface area contributed by atoms with Gasteiger partial charge in [-0.25, -0.2) is 0 Å². The predicted molar refractivity (Wildman–Crippen MR) is 52.1 cm³/mol. The fourth-order valence-electron chi connectivity index (χ4n) is 1.68. The molecule has 0 aromatic carbocycles. The predicted octanol–water partition coefficient (Wildman–Crippen LogP) is 2.84. The molecule has 0 aliphatic carbocycles. The molecular weight excluding hydrogens is 180 g/mol. The highest BCUT2D eigenvalue weighted by atomic mass is 16.5. The highest BCUT2D eigenvalue weighted by molar-refractivity contribution is 5.11. The van der Waals surface area contributed by atoms with Gasteiger partial charge in [-0.15, -0.1) is 0 Å². The van der Waals surface area contributed by atoms with Crippen molar-refractivity contribution >= 4 is 0 Å². The number of ether oxygens (including phenoxy) is 2. The molecule has 1 saturated heterocycles. The van der Waals surface area contributed by atoms with E-state index in [0.29, 0.717) is 0 Å². The standard InChI is InChI=1S/C11H16O3/c1-8(12-2)9-5-6-11(14-9)10-4-3-7-13-10/h5-6,8,10H,3-4,7H2,1-2H3/t8-,10-/m1/s1. The number of rotatable bonds is 3. The Labute approximate surface area is 84.0 Å². The Balaban J connectivity index is 2.08. The molecule has 1 aromatic heterocycles. The molecule has 0 saturated carbocycles. The van der Waals surface area contributed by atoms with Gasteiger partial charge in [-0.3, -0.25) is 0 Å². The minimum Gasteiger partial charge on any atom is -0.461 e. The maximum atomic E-state index is 5.67. The molecule has 78 valence electrons. The quantitative estimate of drug-likeness (QED) is 0.745. The Morgan fingerprint density at radius 1 is 1.50 bits per heavy atom. The number of hydrogen-bond acceptors (Lipinski definition) is 3. The zero-order valence-corrected chi connectivity index (χ0v) is 8.66.